The van der Waals surface area contributed by atoms with E-state index in [1.807, 2.05) is 0 Å². The van der Waals surface area contributed by atoms with Crippen LogP contribution in [0.3, 0.4) is 0 Å². The first kappa shape index (κ1) is 17.2. The average molecular weight is 322 g/mol. The van der Waals surface area contributed by atoms with Crippen LogP contribution in [0, 0.1) is 0 Å². The number of carbonyl (C=O) groups is 1. The van der Waals surface area contributed by atoms with Gasteiger partial charge in [0.25, 0.3) is 0 Å². The molecule has 0 spiro atoms. The van der Waals surface area contributed by atoms with Crippen LogP contribution in [0.4, 0.5) is 0 Å². The molecule has 0 bridgehead atoms. The Morgan fingerprint density at radius 1 is 0.913 bits per heavy atom. The maximum Gasteiger partial charge on any atom is 0.236 e. The van der Waals surface area contributed by atoms with E-state index in [0.717, 1.165) is 58.4 Å². The summed E-state index contributed by atoms with van der Waals surface area (Å²) in [7, 11) is 0. The van der Waals surface area contributed by atoms with Crippen molar-refractivity contribution < 1.29 is 4.79 Å². The van der Waals surface area contributed by atoms with Gasteiger partial charge >= 0.3 is 0 Å². The normalized spacial score (nSPS) is 26.3. The number of hydrogen-bond acceptors (Lipinski definition) is 4. The van der Waals surface area contributed by atoms with Crippen LogP contribution in [0.15, 0.2) is 0 Å². The first-order chi connectivity index (χ1) is 11.1. The minimum atomic E-state index is 0.342. The van der Waals surface area contributed by atoms with Gasteiger partial charge in [0, 0.05) is 64.4 Å². The second-order valence-corrected chi connectivity index (χ2v) is 7.76. The highest BCUT2D eigenvalue weighted by molar-refractivity contribution is 5.78. The highest BCUT2D eigenvalue weighted by Crippen LogP contribution is 2.24. The lowest BCUT2D eigenvalue weighted by atomic mass is 10.2. The number of piperazine rings is 2. The van der Waals surface area contributed by atoms with Gasteiger partial charge in [-0.3, -0.25) is 19.5 Å². The quantitative estimate of drug-likeness (QED) is 0.775. The van der Waals surface area contributed by atoms with Crippen LogP contribution in [-0.4, -0.2) is 96.5 Å². The minimum absolute atomic E-state index is 0.342. The summed E-state index contributed by atoms with van der Waals surface area (Å²) in [6.45, 7) is 13.4. The van der Waals surface area contributed by atoms with Gasteiger partial charge in [0.05, 0.1) is 6.54 Å². The third-order valence-corrected chi connectivity index (χ3v) is 6.00. The van der Waals surface area contributed by atoms with Gasteiger partial charge < -0.3 is 4.90 Å². The number of hydrogen-bond donors (Lipinski definition) is 0. The van der Waals surface area contributed by atoms with E-state index < -0.39 is 0 Å². The molecule has 1 aliphatic carbocycles. The van der Waals surface area contributed by atoms with Crippen LogP contribution in [-0.2, 0) is 4.79 Å². The molecule has 0 aromatic heterocycles. The Morgan fingerprint density at radius 3 is 2.09 bits per heavy atom. The van der Waals surface area contributed by atoms with Crippen molar-refractivity contribution in [2.24, 2.45) is 0 Å². The molecule has 0 unspecified atom stereocenters. The van der Waals surface area contributed by atoms with Crippen LogP contribution in [0.2, 0.25) is 0 Å². The fraction of sp³-hybridized carbons (Fsp3) is 0.944. The summed E-state index contributed by atoms with van der Waals surface area (Å²) >= 11 is 0. The van der Waals surface area contributed by atoms with Crippen LogP contribution >= 0.6 is 0 Å². The van der Waals surface area contributed by atoms with Crippen LogP contribution in [0.5, 0.6) is 0 Å². The lowest BCUT2D eigenvalue weighted by molar-refractivity contribution is -0.135. The van der Waals surface area contributed by atoms with Crippen LogP contribution < -0.4 is 0 Å². The second-order valence-electron chi connectivity index (χ2n) is 7.76. The van der Waals surface area contributed by atoms with Gasteiger partial charge in [-0.15, -0.1) is 0 Å². The van der Waals surface area contributed by atoms with Gasteiger partial charge in [-0.2, -0.15) is 0 Å². The summed E-state index contributed by atoms with van der Waals surface area (Å²) in [6.07, 6.45) is 5.53. The predicted octanol–water partition coefficient (Wildman–Crippen LogP) is 1.10. The molecule has 0 N–H and O–H groups in total. The molecule has 0 atom stereocenters. The molecule has 3 aliphatic rings. The Labute approximate surface area is 141 Å². The van der Waals surface area contributed by atoms with Crippen molar-refractivity contribution in [2.75, 3.05) is 58.9 Å². The van der Waals surface area contributed by atoms with Gasteiger partial charge in [-0.1, -0.05) is 12.8 Å². The summed E-state index contributed by atoms with van der Waals surface area (Å²) < 4.78 is 0. The van der Waals surface area contributed by atoms with Gasteiger partial charge in [-0.05, 0) is 26.7 Å². The number of amides is 1. The Morgan fingerprint density at radius 2 is 1.52 bits per heavy atom. The summed E-state index contributed by atoms with van der Waals surface area (Å²) in [4.78, 5) is 22.1. The Bertz CT molecular complexity index is 378. The zero-order valence-electron chi connectivity index (χ0n) is 15.0. The zero-order chi connectivity index (χ0) is 16.2. The van der Waals surface area contributed by atoms with Gasteiger partial charge in [0.1, 0.15) is 0 Å². The monoisotopic (exact) mass is 322 g/mol. The zero-order valence-corrected chi connectivity index (χ0v) is 15.0. The van der Waals surface area contributed by atoms with E-state index in [-0.39, 0.29) is 0 Å². The highest BCUT2D eigenvalue weighted by atomic mass is 16.2. The molecule has 132 valence electrons. The smallest absolute Gasteiger partial charge is 0.236 e. The molecule has 23 heavy (non-hydrogen) atoms. The summed E-state index contributed by atoms with van der Waals surface area (Å²) in [5, 5.41) is 0. The molecule has 0 radical (unpaired) electrons. The molecule has 1 saturated carbocycles. The van der Waals surface area contributed by atoms with E-state index in [2.05, 4.69) is 33.4 Å². The summed E-state index contributed by atoms with van der Waals surface area (Å²) in [5.41, 5.74) is 0. The van der Waals surface area contributed by atoms with Gasteiger partial charge in [0.2, 0.25) is 5.91 Å². The van der Waals surface area contributed by atoms with Crippen molar-refractivity contribution in [3.05, 3.63) is 0 Å². The molecule has 5 nitrogen and oxygen atoms in total. The van der Waals surface area contributed by atoms with E-state index in [9.17, 15) is 4.79 Å². The first-order valence-electron chi connectivity index (χ1n) is 9.61. The molecule has 1 amide bonds. The van der Waals surface area contributed by atoms with E-state index in [1.165, 1.54) is 25.7 Å². The lowest BCUT2D eigenvalue weighted by Gasteiger charge is -2.40. The molecule has 2 heterocycles. The topological polar surface area (TPSA) is 30.0 Å². The molecule has 2 saturated heterocycles. The third kappa shape index (κ3) is 4.46. The summed E-state index contributed by atoms with van der Waals surface area (Å²) in [5.74, 6) is 0.342. The average Bonchev–Trinajstić information content (AvgIpc) is 3.10. The van der Waals surface area contributed by atoms with E-state index >= 15 is 0 Å². The Hall–Kier alpha value is -0.650. The Balaban J connectivity index is 1.38. The minimum Gasteiger partial charge on any atom is -0.339 e. The predicted molar refractivity (Wildman–Crippen MR) is 93.6 cm³/mol. The molecule has 3 fully saturated rings. The molecule has 3 rings (SSSR count). The van der Waals surface area contributed by atoms with E-state index in [0.29, 0.717) is 18.5 Å². The SMILES string of the molecule is CC(C)N1CCN(CC(=O)N2CCN(C3CCCC3)CC2)CC1. The standard InChI is InChI=1S/C18H34N4O/c1-16(2)20-9-7-19(8-10-20)15-18(23)22-13-11-21(12-14-22)17-5-3-4-6-17/h16-17H,3-15H2,1-2H3. The maximum atomic E-state index is 12.6. The lowest BCUT2D eigenvalue weighted by Crippen LogP contribution is -2.55. The molecule has 5 heteroatoms. The van der Waals surface area contributed by atoms with E-state index in [4.69, 9.17) is 0 Å². The number of rotatable bonds is 4. The van der Waals surface area contributed by atoms with Crippen molar-refractivity contribution in [2.45, 2.75) is 51.6 Å². The van der Waals surface area contributed by atoms with Crippen LogP contribution in [0.1, 0.15) is 39.5 Å². The first-order valence-corrected chi connectivity index (χ1v) is 9.61. The third-order valence-electron chi connectivity index (χ3n) is 6.00. The van der Waals surface area contributed by atoms with Gasteiger partial charge in [-0.25, -0.2) is 0 Å². The fourth-order valence-electron chi connectivity index (χ4n) is 4.34. The largest absolute Gasteiger partial charge is 0.339 e. The fourth-order valence-corrected chi connectivity index (χ4v) is 4.34. The van der Waals surface area contributed by atoms with Crippen molar-refractivity contribution in [3.8, 4) is 0 Å². The molecule has 2 aliphatic heterocycles. The molecule has 0 aromatic rings. The van der Waals surface area contributed by atoms with Crippen LogP contribution in [0.25, 0.3) is 0 Å². The van der Waals surface area contributed by atoms with E-state index in [1.54, 1.807) is 0 Å². The molecule has 0 aromatic carbocycles. The van der Waals surface area contributed by atoms with Gasteiger partial charge in [0.15, 0.2) is 0 Å². The van der Waals surface area contributed by atoms with Crippen molar-refractivity contribution in [1.29, 1.82) is 0 Å². The number of carbonyl (C=O) groups excluding carboxylic acids is 1. The van der Waals surface area contributed by atoms with Crippen molar-refractivity contribution in [3.63, 3.8) is 0 Å². The molecular formula is C18H34N4O. The number of nitrogens with zero attached hydrogens (tertiary/aromatic N) is 4. The second kappa shape index (κ2) is 7.95. The Kier molecular flexibility index (Phi) is 5.94. The van der Waals surface area contributed by atoms with Crippen molar-refractivity contribution in [1.82, 2.24) is 19.6 Å². The maximum absolute atomic E-state index is 12.6. The molecular weight excluding hydrogens is 288 g/mol. The van der Waals surface area contributed by atoms with Crippen molar-refractivity contribution >= 4 is 5.91 Å². The summed E-state index contributed by atoms with van der Waals surface area (Å²) in [6, 6.07) is 1.42. The highest BCUT2D eigenvalue weighted by Gasteiger charge is 2.29.